The molecule has 18 heavy (non-hydrogen) atoms. The molecule has 0 saturated heterocycles. The molecule has 0 aliphatic heterocycles. The lowest BCUT2D eigenvalue weighted by molar-refractivity contribution is -0.117. The lowest BCUT2D eigenvalue weighted by Crippen LogP contribution is -2.17. The van der Waals surface area contributed by atoms with Crippen molar-refractivity contribution < 1.29 is 9.53 Å². The molecule has 0 aromatic heterocycles. The molecule has 0 aliphatic rings. The van der Waals surface area contributed by atoms with Crippen molar-refractivity contribution in [2.45, 2.75) is 19.9 Å². The molecule has 4 nitrogen and oxygen atoms in total. The number of hydrogen-bond acceptors (Lipinski definition) is 3. The fraction of sp³-hybridized carbons (Fsp3) is 0.500. The van der Waals surface area contributed by atoms with Gasteiger partial charge in [0.2, 0.25) is 5.91 Å². The Bertz CT molecular complexity index is 380. The van der Waals surface area contributed by atoms with Crippen molar-refractivity contribution in [1.29, 1.82) is 0 Å². The normalized spacial score (nSPS) is 12.2. The van der Waals surface area contributed by atoms with Crippen LogP contribution in [0.3, 0.4) is 0 Å². The van der Waals surface area contributed by atoms with Gasteiger partial charge in [0.05, 0.1) is 0 Å². The van der Waals surface area contributed by atoms with Gasteiger partial charge in [-0.05, 0) is 30.7 Å². The van der Waals surface area contributed by atoms with Crippen LogP contribution in [-0.2, 0) is 16.1 Å². The Hall–Kier alpha value is -1.39. The van der Waals surface area contributed by atoms with E-state index < -0.39 is 0 Å². The molecule has 2 N–H and O–H groups in total. The van der Waals surface area contributed by atoms with Gasteiger partial charge in [-0.2, -0.15) is 0 Å². The molecular weight excluding hydrogens is 228 g/mol. The summed E-state index contributed by atoms with van der Waals surface area (Å²) in [6.07, 6.45) is 0.476. The van der Waals surface area contributed by atoms with Crippen LogP contribution >= 0.6 is 0 Å². The van der Waals surface area contributed by atoms with Crippen LogP contribution in [0.2, 0.25) is 0 Å². The van der Waals surface area contributed by atoms with Crippen LogP contribution in [0.5, 0.6) is 0 Å². The number of benzene rings is 1. The maximum absolute atomic E-state index is 11.8. The molecule has 0 heterocycles. The van der Waals surface area contributed by atoms with E-state index in [1.807, 2.05) is 38.2 Å². The van der Waals surface area contributed by atoms with Crippen molar-refractivity contribution in [3.63, 3.8) is 0 Å². The Morgan fingerprint density at radius 1 is 1.44 bits per heavy atom. The zero-order valence-corrected chi connectivity index (χ0v) is 11.3. The highest BCUT2D eigenvalue weighted by Gasteiger charge is 2.09. The van der Waals surface area contributed by atoms with Crippen molar-refractivity contribution in [3.8, 4) is 0 Å². The maximum atomic E-state index is 11.8. The first-order chi connectivity index (χ1) is 8.65. The lowest BCUT2D eigenvalue weighted by Gasteiger charge is -2.11. The molecule has 1 amide bonds. The summed E-state index contributed by atoms with van der Waals surface area (Å²) in [4.78, 5) is 11.8. The van der Waals surface area contributed by atoms with Crippen molar-refractivity contribution in [3.05, 3.63) is 29.8 Å². The minimum Gasteiger partial charge on any atom is -0.384 e. The number of rotatable bonds is 7. The molecule has 0 bridgehead atoms. The average Bonchev–Trinajstić information content (AvgIpc) is 2.29. The molecule has 1 aromatic rings. The predicted octanol–water partition coefficient (Wildman–Crippen LogP) is 2.02. The summed E-state index contributed by atoms with van der Waals surface area (Å²) >= 11 is 0. The van der Waals surface area contributed by atoms with E-state index in [1.165, 1.54) is 0 Å². The van der Waals surface area contributed by atoms with Crippen molar-refractivity contribution >= 4 is 11.6 Å². The van der Waals surface area contributed by atoms with Crippen molar-refractivity contribution in [2.24, 2.45) is 5.92 Å². The van der Waals surface area contributed by atoms with Gasteiger partial charge in [0.15, 0.2) is 0 Å². The van der Waals surface area contributed by atoms with E-state index in [0.29, 0.717) is 13.0 Å². The Kier molecular flexibility index (Phi) is 6.39. The van der Waals surface area contributed by atoms with Crippen LogP contribution in [-0.4, -0.2) is 26.7 Å². The molecule has 4 heteroatoms. The number of methoxy groups -OCH3 is 1. The Morgan fingerprint density at radius 2 is 2.22 bits per heavy atom. The Labute approximate surface area is 109 Å². The van der Waals surface area contributed by atoms with E-state index in [2.05, 4.69) is 10.6 Å². The standard InChI is InChI=1S/C14H22N2O2/c1-11(10-18-3)7-14(17)16-13-6-4-5-12(8-13)9-15-2/h4-6,8,11,15H,7,9-10H2,1-3H3,(H,16,17). The van der Waals surface area contributed by atoms with Crippen LogP contribution < -0.4 is 10.6 Å². The summed E-state index contributed by atoms with van der Waals surface area (Å²) < 4.78 is 5.02. The number of carbonyl (C=O) groups is 1. The van der Waals surface area contributed by atoms with Gasteiger partial charge in [0.25, 0.3) is 0 Å². The lowest BCUT2D eigenvalue weighted by atomic mass is 10.1. The molecular formula is C14H22N2O2. The summed E-state index contributed by atoms with van der Waals surface area (Å²) in [5.74, 6) is 0.261. The summed E-state index contributed by atoms with van der Waals surface area (Å²) in [6, 6.07) is 7.86. The van der Waals surface area contributed by atoms with Gasteiger partial charge in [0, 0.05) is 32.4 Å². The summed E-state index contributed by atoms with van der Waals surface area (Å²) in [6.45, 7) is 3.40. The molecule has 0 radical (unpaired) electrons. The van der Waals surface area contributed by atoms with Gasteiger partial charge in [-0.1, -0.05) is 19.1 Å². The Balaban J connectivity index is 2.50. The van der Waals surface area contributed by atoms with Gasteiger partial charge in [0.1, 0.15) is 0 Å². The second-order valence-corrected chi connectivity index (χ2v) is 4.54. The fourth-order valence-corrected chi connectivity index (χ4v) is 1.84. The largest absolute Gasteiger partial charge is 0.384 e. The van der Waals surface area contributed by atoms with Crippen LogP contribution in [0.1, 0.15) is 18.9 Å². The first-order valence-corrected chi connectivity index (χ1v) is 6.18. The minimum absolute atomic E-state index is 0.0288. The molecule has 1 rings (SSSR count). The zero-order valence-electron chi connectivity index (χ0n) is 11.3. The van der Waals surface area contributed by atoms with Gasteiger partial charge >= 0.3 is 0 Å². The molecule has 1 aromatic carbocycles. The van der Waals surface area contributed by atoms with E-state index >= 15 is 0 Å². The maximum Gasteiger partial charge on any atom is 0.224 e. The monoisotopic (exact) mass is 250 g/mol. The molecule has 0 spiro atoms. The zero-order chi connectivity index (χ0) is 13.4. The van der Waals surface area contributed by atoms with Crippen molar-refractivity contribution in [2.75, 3.05) is 26.1 Å². The van der Waals surface area contributed by atoms with E-state index in [-0.39, 0.29) is 11.8 Å². The first-order valence-electron chi connectivity index (χ1n) is 6.18. The van der Waals surface area contributed by atoms with Gasteiger partial charge in [-0.25, -0.2) is 0 Å². The van der Waals surface area contributed by atoms with Gasteiger partial charge < -0.3 is 15.4 Å². The molecule has 100 valence electrons. The molecule has 0 saturated carbocycles. The van der Waals surface area contributed by atoms with Gasteiger partial charge in [-0.3, -0.25) is 4.79 Å². The van der Waals surface area contributed by atoms with E-state index in [0.717, 1.165) is 17.8 Å². The number of carbonyl (C=O) groups excluding carboxylic acids is 1. The second-order valence-electron chi connectivity index (χ2n) is 4.54. The van der Waals surface area contributed by atoms with Crippen LogP contribution in [0, 0.1) is 5.92 Å². The quantitative estimate of drug-likeness (QED) is 0.778. The summed E-state index contributed by atoms with van der Waals surface area (Å²) in [5.41, 5.74) is 2.00. The number of ether oxygens (including phenoxy) is 1. The average molecular weight is 250 g/mol. The predicted molar refractivity (Wildman–Crippen MR) is 73.5 cm³/mol. The van der Waals surface area contributed by atoms with E-state index in [4.69, 9.17) is 4.74 Å². The highest BCUT2D eigenvalue weighted by molar-refractivity contribution is 5.90. The summed E-state index contributed by atoms with van der Waals surface area (Å²) in [5, 5.41) is 5.99. The minimum atomic E-state index is 0.0288. The summed E-state index contributed by atoms with van der Waals surface area (Å²) in [7, 11) is 3.55. The third-order valence-corrected chi connectivity index (χ3v) is 2.58. The highest BCUT2D eigenvalue weighted by Crippen LogP contribution is 2.12. The topological polar surface area (TPSA) is 50.4 Å². The molecule has 1 unspecified atom stereocenters. The number of hydrogen-bond donors (Lipinski definition) is 2. The Morgan fingerprint density at radius 3 is 2.89 bits per heavy atom. The van der Waals surface area contributed by atoms with E-state index in [9.17, 15) is 4.79 Å². The molecule has 0 fully saturated rings. The van der Waals surface area contributed by atoms with Gasteiger partial charge in [-0.15, -0.1) is 0 Å². The van der Waals surface area contributed by atoms with Crippen LogP contribution in [0.25, 0.3) is 0 Å². The second kappa shape index (κ2) is 7.84. The smallest absolute Gasteiger partial charge is 0.224 e. The molecule has 0 aliphatic carbocycles. The van der Waals surface area contributed by atoms with E-state index in [1.54, 1.807) is 7.11 Å². The number of anilines is 1. The molecule has 1 atom stereocenters. The third-order valence-electron chi connectivity index (χ3n) is 2.58. The van der Waals surface area contributed by atoms with Crippen LogP contribution in [0.4, 0.5) is 5.69 Å². The number of nitrogens with one attached hydrogen (secondary N) is 2. The fourth-order valence-electron chi connectivity index (χ4n) is 1.84. The third kappa shape index (κ3) is 5.29. The van der Waals surface area contributed by atoms with Crippen LogP contribution in [0.15, 0.2) is 24.3 Å². The SMILES string of the molecule is CNCc1cccc(NC(=O)CC(C)COC)c1. The number of amides is 1. The first kappa shape index (κ1) is 14.7. The van der Waals surface area contributed by atoms with Crippen molar-refractivity contribution in [1.82, 2.24) is 5.32 Å². The highest BCUT2D eigenvalue weighted by atomic mass is 16.5.